The Kier molecular flexibility index (Phi) is 13.5. The maximum Gasteiger partial charge on any atom is 0.158 e. The first kappa shape index (κ1) is 26.8. The van der Waals surface area contributed by atoms with Crippen molar-refractivity contribution in [2.75, 3.05) is 26.6 Å². The smallest absolute Gasteiger partial charge is 0.158 e. The summed E-state index contributed by atoms with van der Waals surface area (Å²) in [6.07, 6.45) is -1.49. The van der Waals surface area contributed by atoms with E-state index in [4.69, 9.17) is 32.7 Å². The molecule has 0 aromatic heterocycles. The number of aliphatic hydroxyl groups excluding tert-OH is 1. The molecule has 2 aliphatic rings. The van der Waals surface area contributed by atoms with Crippen LogP contribution in [-0.4, -0.2) is 94.9 Å². The van der Waals surface area contributed by atoms with Crippen LogP contribution in [0.3, 0.4) is 0 Å². The molecule has 0 saturated carbocycles. The van der Waals surface area contributed by atoms with Crippen LogP contribution in [0.25, 0.3) is 0 Å². The van der Waals surface area contributed by atoms with Crippen molar-refractivity contribution in [3.8, 4) is 0 Å². The minimum atomic E-state index is -0.417. The molecule has 0 aliphatic carbocycles. The highest BCUT2D eigenvalue weighted by Gasteiger charge is 2.46. The summed E-state index contributed by atoms with van der Waals surface area (Å²) >= 11 is 0. The first-order chi connectivity index (χ1) is 14.1. The SMILES string of the molecule is CB[C@@H]1O[C@H](CO)[C@H](OCOC[C@H]2O[C@@H](BC)C(OPP)[C@H]2OCC)C1OPP. The number of rotatable bonds is 14. The van der Waals surface area contributed by atoms with Gasteiger partial charge in [0.2, 0.25) is 0 Å². The Bertz CT molecular complexity index is 461. The van der Waals surface area contributed by atoms with Gasteiger partial charge in [-0.2, -0.15) is 0 Å². The van der Waals surface area contributed by atoms with Gasteiger partial charge in [-0.25, -0.2) is 0 Å². The highest BCUT2D eigenvalue weighted by atomic mass is 32.0. The molecular weight excluding hydrogens is 454 g/mol. The lowest BCUT2D eigenvalue weighted by Gasteiger charge is -2.25. The number of hydrogen-bond donors (Lipinski definition) is 1. The third kappa shape index (κ3) is 7.26. The third-order valence-electron chi connectivity index (χ3n) is 5.19. The van der Waals surface area contributed by atoms with Gasteiger partial charge >= 0.3 is 0 Å². The lowest BCUT2D eigenvalue weighted by atomic mass is 9.72. The molecule has 14 heteroatoms. The van der Waals surface area contributed by atoms with E-state index in [0.29, 0.717) is 21.7 Å². The molecule has 0 radical (unpaired) electrons. The van der Waals surface area contributed by atoms with E-state index in [9.17, 15) is 5.11 Å². The van der Waals surface area contributed by atoms with E-state index >= 15 is 0 Å². The lowest BCUT2D eigenvalue weighted by Crippen LogP contribution is -2.40. The molecule has 1 N–H and O–H groups in total. The number of hydrogen-bond acceptors (Lipinski definition) is 8. The van der Waals surface area contributed by atoms with E-state index in [1.54, 1.807) is 0 Å². The highest BCUT2D eigenvalue weighted by molar-refractivity contribution is 8.00. The summed E-state index contributed by atoms with van der Waals surface area (Å²) in [5, 5.41) is 9.64. The van der Waals surface area contributed by atoms with Gasteiger partial charge in [-0.15, -0.1) is 0 Å². The van der Waals surface area contributed by atoms with E-state index in [-0.39, 0.29) is 64.4 Å². The van der Waals surface area contributed by atoms with E-state index < -0.39 is 6.10 Å². The fourth-order valence-corrected chi connectivity index (χ4v) is 5.70. The summed E-state index contributed by atoms with van der Waals surface area (Å²) in [7, 11) is 7.35. The fraction of sp³-hybridized carbons (Fsp3) is 1.00. The summed E-state index contributed by atoms with van der Waals surface area (Å²) < 4.78 is 41.3. The molecule has 2 aliphatic heterocycles. The van der Waals surface area contributed by atoms with Gasteiger partial charge in [0.1, 0.15) is 43.4 Å². The van der Waals surface area contributed by atoms with Gasteiger partial charge in [0.05, 0.1) is 25.2 Å². The number of aliphatic hydroxyl groups is 1. The first-order valence-electron chi connectivity index (χ1n) is 10.1. The monoisotopic (exact) mass is 488 g/mol. The van der Waals surface area contributed by atoms with Crippen molar-refractivity contribution < 1.29 is 37.8 Å². The Labute approximate surface area is 183 Å². The Morgan fingerprint density at radius 3 is 1.93 bits per heavy atom. The third-order valence-corrected chi connectivity index (χ3v) is 6.82. The van der Waals surface area contributed by atoms with Gasteiger partial charge in [0, 0.05) is 23.6 Å². The largest absolute Gasteiger partial charge is 0.394 e. The van der Waals surface area contributed by atoms with E-state index in [1.165, 1.54) is 0 Å². The van der Waals surface area contributed by atoms with Crippen LogP contribution >= 0.6 is 34.8 Å². The minimum Gasteiger partial charge on any atom is -0.394 e. The van der Waals surface area contributed by atoms with E-state index in [1.807, 2.05) is 13.7 Å². The molecule has 2 rings (SSSR count). The van der Waals surface area contributed by atoms with Crippen LogP contribution in [0.4, 0.5) is 0 Å². The van der Waals surface area contributed by atoms with Gasteiger partial charge in [0.15, 0.2) is 14.6 Å². The van der Waals surface area contributed by atoms with Crippen LogP contribution in [-0.2, 0) is 32.7 Å². The van der Waals surface area contributed by atoms with Crippen molar-refractivity contribution in [2.45, 2.75) is 69.2 Å². The summed E-state index contributed by atoms with van der Waals surface area (Å²) in [4.78, 5) is 0. The average molecular weight is 488 g/mol. The molecule has 168 valence electrons. The van der Waals surface area contributed by atoms with Gasteiger partial charge in [0.25, 0.3) is 0 Å². The zero-order valence-corrected chi connectivity index (χ0v) is 21.6. The van der Waals surface area contributed by atoms with E-state index in [2.05, 4.69) is 24.7 Å². The molecule has 2 fully saturated rings. The molecule has 0 amide bonds. The van der Waals surface area contributed by atoms with Gasteiger partial charge in [-0.3, -0.25) is 0 Å². The average Bonchev–Trinajstić information content (AvgIpc) is 3.24. The van der Waals surface area contributed by atoms with Crippen LogP contribution in [0.1, 0.15) is 6.92 Å². The second-order valence-corrected chi connectivity index (χ2v) is 9.22. The zero-order chi connectivity index (χ0) is 21.2. The summed E-state index contributed by atoms with van der Waals surface area (Å²) in [5.74, 6) is 0. The second kappa shape index (κ2) is 14.6. The molecule has 12 atom stereocenters. The maximum atomic E-state index is 9.64. The van der Waals surface area contributed by atoms with Crippen molar-refractivity contribution in [3.05, 3.63) is 0 Å². The molecule has 2 saturated heterocycles. The van der Waals surface area contributed by atoms with Crippen LogP contribution < -0.4 is 0 Å². The van der Waals surface area contributed by atoms with E-state index in [0.717, 1.165) is 14.6 Å². The molecule has 29 heavy (non-hydrogen) atoms. The Morgan fingerprint density at radius 1 is 0.897 bits per heavy atom. The molecule has 2 heterocycles. The Balaban J connectivity index is 1.87. The van der Waals surface area contributed by atoms with Gasteiger partial charge < -0.3 is 37.8 Å². The predicted molar refractivity (Wildman–Crippen MR) is 127 cm³/mol. The molecule has 0 bridgehead atoms. The quantitative estimate of drug-likeness (QED) is 0.166. The normalized spacial score (nSPS) is 38.0. The second-order valence-electron chi connectivity index (χ2n) is 6.87. The Morgan fingerprint density at radius 2 is 1.45 bits per heavy atom. The molecule has 0 aromatic carbocycles. The summed E-state index contributed by atoms with van der Waals surface area (Å²) in [6, 6.07) is -0.107. The van der Waals surface area contributed by atoms with Gasteiger partial charge in [-0.05, 0) is 6.92 Å². The van der Waals surface area contributed by atoms with Crippen molar-refractivity contribution in [2.24, 2.45) is 0 Å². The number of ether oxygens (including phenoxy) is 5. The van der Waals surface area contributed by atoms with Crippen molar-refractivity contribution in [1.29, 1.82) is 0 Å². The zero-order valence-electron chi connectivity index (χ0n) is 17.3. The Hall–Kier alpha value is 1.53. The first-order valence-corrected chi connectivity index (χ1v) is 15.5. The van der Waals surface area contributed by atoms with Crippen LogP contribution in [0.2, 0.25) is 13.6 Å². The maximum absolute atomic E-state index is 9.64. The van der Waals surface area contributed by atoms with Gasteiger partial charge in [-0.1, -0.05) is 31.5 Å². The molecule has 0 spiro atoms. The summed E-state index contributed by atoms with van der Waals surface area (Å²) in [6.45, 7) is 6.94. The molecule has 0 aromatic rings. The summed E-state index contributed by atoms with van der Waals surface area (Å²) in [5.41, 5.74) is 0. The molecule has 6 unspecified atom stereocenters. The highest BCUT2D eigenvalue weighted by Crippen LogP contribution is 2.35. The molecule has 8 nitrogen and oxygen atoms in total. The topological polar surface area (TPSA) is 84.8 Å². The van der Waals surface area contributed by atoms with Crippen LogP contribution in [0.15, 0.2) is 0 Å². The lowest BCUT2D eigenvalue weighted by molar-refractivity contribution is -0.148. The van der Waals surface area contributed by atoms with Crippen molar-refractivity contribution >= 4 is 49.4 Å². The van der Waals surface area contributed by atoms with Crippen LogP contribution in [0.5, 0.6) is 0 Å². The van der Waals surface area contributed by atoms with Crippen molar-refractivity contribution in [3.63, 3.8) is 0 Å². The predicted octanol–water partition coefficient (Wildman–Crippen LogP) is 0.700. The van der Waals surface area contributed by atoms with Crippen molar-refractivity contribution in [1.82, 2.24) is 0 Å². The molecular formula is C15H34B2O8P4. The van der Waals surface area contributed by atoms with Crippen LogP contribution in [0, 0.1) is 0 Å². The minimum absolute atomic E-state index is 0.0118. The standard InChI is InChI=1S/C15H34B2O8P4/c1-4-20-11-9(23-15(17-3)13(11)25-29-27)6-19-7-21-10-8(5-18)22-14(16-2)12(10)24-28-26/h8-18,28-29H,4-7,26-27H2,1-3H3/t8-,9-,10+,11+,12?,13?,14-,15-/m1/s1. The fourth-order valence-electron chi connectivity index (χ4n) is 3.87.